The van der Waals surface area contributed by atoms with Crippen molar-refractivity contribution in [3.63, 3.8) is 0 Å². The van der Waals surface area contributed by atoms with Crippen LogP contribution in [-0.4, -0.2) is 17.7 Å². The average Bonchev–Trinajstić information content (AvgIpc) is 2.82. The summed E-state index contributed by atoms with van der Waals surface area (Å²) >= 11 is 3.52. The maximum Gasteiger partial charge on any atom is 0.0687 e. The Labute approximate surface area is 136 Å². The number of nitrogens with two attached hydrogens (primary N) is 1. The minimum absolute atomic E-state index is 0.197. The Hall–Kier alpha value is -0.380. The Morgan fingerprint density at radius 1 is 1.24 bits per heavy atom. The summed E-state index contributed by atoms with van der Waals surface area (Å²) in [5.41, 5.74) is 7.89. The molecular weight excluding hydrogens is 326 g/mol. The molecule has 3 heteroatoms. The topological polar surface area (TPSA) is 35.2 Å². The van der Waals surface area contributed by atoms with E-state index in [9.17, 15) is 0 Å². The molecule has 1 aromatic rings. The number of hydrogen-bond acceptors (Lipinski definition) is 2. The Morgan fingerprint density at radius 3 is 2.81 bits per heavy atom. The fraction of sp³-hybridized carbons (Fsp3) is 0.667. The van der Waals surface area contributed by atoms with Gasteiger partial charge in [-0.05, 0) is 56.2 Å². The maximum absolute atomic E-state index is 6.43. The standard InChI is InChI=1S/C18H26BrNO/c19-15-6-4-5-14(11-15)12-16(20)13-17-7-10-18(21-17)8-2-1-3-9-18/h4-6,11,16-17H,1-3,7-10,12-13,20H2. The molecule has 1 saturated heterocycles. The lowest BCUT2D eigenvalue weighted by atomic mass is 9.83. The highest BCUT2D eigenvalue weighted by atomic mass is 79.9. The zero-order valence-corrected chi connectivity index (χ0v) is 14.3. The van der Waals surface area contributed by atoms with Crippen molar-refractivity contribution in [2.75, 3.05) is 0 Å². The molecule has 1 heterocycles. The minimum Gasteiger partial charge on any atom is -0.372 e. The van der Waals surface area contributed by atoms with Crippen molar-refractivity contribution >= 4 is 15.9 Å². The minimum atomic E-state index is 0.197. The first-order valence-electron chi connectivity index (χ1n) is 8.33. The first kappa shape index (κ1) is 15.5. The highest BCUT2D eigenvalue weighted by Crippen LogP contribution is 2.42. The van der Waals surface area contributed by atoms with Crippen molar-refractivity contribution in [3.05, 3.63) is 34.3 Å². The summed E-state index contributed by atoms with van der Waals surface area (Å²) in [6.45, 7) is 0. The molecule has 0 aromatic heterocycles. The Bertz CT molecular complexity index is 470. The number of halogens is 1. The van der Waals surface area contributed by atoms with Crippen molar-refractivity contribution in [2.45, 2.75) is 75.5 Å². The van der Waals surface area contributed by atoms with Gasteiger partial charge in [0.15, 0.2) is 0 Å². The van der Waals surface area contributed by atoms with Gasteiger partial charge in [0.25, 0.3) is 0 Å². The molecule has 116 valence electrons. The van der Waals surface area contributed by atoms with Crippen LogP contribution in [0.1, 0.15) is 56.9 Å². The van der Waals surface area contributed by atoms with Gasteiger partial charge >= 0.3 is 0 Å². The van der Waals surface area contributed by atoms with Crippen LogP contribution in [0.5, 0.6) is 0 Å². The number of hydrogen-bond donors (Lipinski definition) is 1. The summed E-state index contributed by atoms with van der Waals surface area (Å²) in [7, 11) is 0. The molecule has 1 aliphatic carbocycles. The van der Waals surface area contributed by atoms with Crippen molar-refractivity contribution in [1.29, 1.82) is 0 Å². The molecule has 2 unspecified atom stereocenters. The summed E-state index contributed by atoms with van der Waals surface area (Å²) in [5.74, 6) is 0. The van der Waals surface area contributed by atoms with Crippen LogP contribution in [0.15, 0.2) is 28.7 Å². The van der Waals surface area contributed by atoms with Crippen LogP contribution in [0, 0.1) is 0 Å². The molecule has 1 saturated carbocycles. The number of ether oxygens (including phenoxy) is 1. The van der Waals surface area contributed by atoms with Crippen LogP contribution in [0.2, 0.25) is 0 Å². The van der Waals surface area contributed by atoms with Crippen LogP contribution >= 0.6 is 15.9 Å². The SMILES string of the molecule is NC(Cc1cccc(Br)c1)CC1CCC2(CCCCC2)O1. The van der Waals surface area contributed by atoms with Gasteiger partial charge in [0, 0.05) is 10.5 Å². The van der Waals surface area contributed by atoms with Crippen LogP contribution in [0.3, 0.4) is 0 Å². The predicted molar refractivity (Wildman–Crippen MR) is 90.4 cm³/mol. The lowest BCUT2D eigenvalue weighted by molar-refractivity contribution is -0.0670. The second-order valence-corrected chi connectivity index (χ2v) is 7.77. The van der Waals surface area contributed by atoms with Crippen molar-refractivity contribution in [1.82, 2.24) is 0 Å². The van der Waals surface area contributed by atoms with Gasteiger partial charge in [-0.15, -0.1) is 0 Å². The number of benzene rings is 1. The Morgan fingerprint density at radius 2 is 2.05 bits per heavy atom. The molecule has 1 aromatic carbocycles. The van der Waals surface area contributed by atoms with Crippen LogP contribution in [-0.2, 0) is 11.2 Å². The monoisotopic (exact) mass is 351 g/mol. The van der Waals surface area contributed by atoms with E-state index in [1.807, 2.05) is 0 Å². The third kappa shape index (κ3) is 4.08. The Kier molecular flexibility index (Phi) is 5.03. The molecule has 2 fully saturated rings. The molecule has 0 radical (unpaired) electrons. The van der Waals surface area contributed by atoms with E-state index in [1.54, 1.807) is 0 Å². The second-order valence-electron chi connectivity index (χ2n) is 6.85. The van der Waals surface area contributed by atoms with Gasteiger partial charge in [0.05, 0.1) is 11.7 Å². The van der Waals surface area contributed by atoms with Crippen LogP contribution in [0.25, 0.3) is 0 Å². The maximum atomic E-state index is 6.43. The molecule has 1 aliphatic heterocycles. The molecule has 3 rings (SSSR count). The lowest BCUT2D eigenvalue weighted by Gasteiger charge is -2.33. The van der Waals surface area contributed by atoms with E-state index in [0.717, 1.165) is 17.3 Å². The zero-order chi connectivity index (χ0) is 14.7. The smallest absolute Gasteiger partial charge is 0.0687 e. The Balaban J connectivity index is 1.50. The normalized spacial score (nSPS) is 26.1. The third-order valence-corrected chi connectivity index (χ3v) is 5.55. The fourth-order valence-corrected chi connectivity index (χ4v) is 4.46. The van der Waals surface area contributed by atoms with Gasteiger partial charge in [-0.25, -0.2) is 0 Å². The van der Waals surface area contributed by atoms with Gasteiger partial charge in [0.1, 0.15) is 0 Å². The molecular formula is C18H26BrNO. The van der Waals surface area contributed by atoms with Crippen molar-refractivity contribution < 1.29 is 4.74 Å². The van der Waals surface area contributed by atoms with Crippen molar-refractivity contribution in [2.24, 2.45) is 5.73 Å². The van der Waals surface area contributed by atoms with E-state index in [1.165, 1.54) is 50.5 Å². The molecule has 2 nitrogen and oxygen atoms in total. The number of rotatable bonds is 4. The van der Waals surface area contributed by atoms with E-state index in [2.05, 4.69) is 40.2 Å². The largest absolute Gasteiger partial charge is 0.372 e. The fourth-order valence-electron chi connectivity index (χ4n) is 4.01. The molecule has 2 atom stereocenters. The molecule has 2 aliphatic rings. The highest BCUT2D eigenvalue weighted by Gasteiger charge is 2.40. The quantitative estimate of drug-likeness (QED) is 0.860. The van der Waals surface area contributed by atoms with Crippen LogP contribution in [0.4, 0.5) is 0 Å². The first-order chi connectivity index (χ1) is 10.2. The zero-order valence-electron chi connectivity index (χ0n) is 12.7. The summed E-state index contributed by atoms with van der Waals surface area (Å²) in [6.07, 6.45) is 11.4. The summed E-state index contributed by atoms with van der Waals surface area (Å²) < 4.78 is 7.56. The van der Waals surface area contributed by atoms with Crippen LogP contribution < -0.4 is 5.73 Å². The van der Waals surface area contributed by atoms with Gasteiger partial charge in [-0.2, -0.15) is 0 Å². The molecule has 1 spiro atoms. The van der Waals surface area contributed by atoms with Gasteiger partial charge in [-0.1, -0.05) is 47.3 Å². The summed E-state index contributed by atoms with van der Waals surface area (Å²) in [6, 6.07) is 8.65. The molecule has 2 N–H and O–H groups in total. The summed E-state index contributed by atoms with van der Waals surface area (Å²) in [5, 5.41) is 0. The third-order valence-electron chi connectivity index (χ3n) is 5.06. The van der Waals surface area contributed by atoms with E-state index < -0.39 is 0 Å². The van der Waals surface area contributed by atoms with Gasteiger partial charge < -0.3 is 10.5 Å². The van der Waals surface area contributed by atoms with E-state index in [0.29, 0.717) is 6.10 Å². The van der Waals surface area contributed by atoms with Crippen molar-refractivity contribution in [3.8, 4) is 0 Å². The predicted octanol–water partition coefficient (Wildman–Crippen LogP) is 4.59. The van der Waals surface area contributed by atoms with E-state index >= 15 is 0 Å². The molecule has 21 heavy (non-hydrogen) atoms. The van der Waals surface area contributed by atoms with Gasteiger partial charge in [0.2, 0.25) is 0 Å². The second kappa shape index (κ2) is 6.80. The molecule has 0 amide bonds. The first-order valence-corrected chi connectivity index (χ1v) is 9.12. The molecule has 0 bridgehead atoms. The lowest BCUT2D eigenvalue weighted by Crippen LogP contribution is -2.34. The van der Waals surface area contributed by atoms with Gasteiger partial charge in [-0.3, -0.25) is 0 Å². The van der Waals surface area contributed by atoms with E-state index in [4.69, 9.17) is 10.5 Å². The average molecular weight is 352 g/mol. The summed E-state index contributed by atoms with van der Waals surface area (Å²) in [4.78, 5) is 0. The highest BCUT2D eigenvalue weighted by molar-refractivity contribution is 9.10. The van der Waals surface area contributed by atoms with E-state index in [-0.39, 0.29) is 11.6 Å².